The first-order valence-corrected chi connectivity index (χ1v) is 6.95. The number of nitrogens with two attached hydrogens (primary N) is 1. The van der Waals surface area contributed by atoms with Gasteiger partial charge in [-0.05, 0) is 19.1 Å². The Bertz CT molecular complexity index is 740. The smallest absolute Gasteiger partial charge is 0.203 e. The third-order valence-electron chi connectivity index (χ3n) is 2.70. The summed E-state index contributed by atoms with van der Waals surface area (Å²) >= 11 is 1.40. The monoisotopic (exact) mass is 287 g/mol. The molecule has 8 heteroatoms. The molecule has 3 N–H and O–H groups in total. The summed E-state index contributed by atoms with van der Waals surface area (Å²) in [6.45, 7) is 2.56. The Morgan fingerprint density at radius 1 is 1.30 bits per heavy atom. The van der Waals surface area contributed by atoms with Crippen LogP contribution in [0.4, 0.5) is 10.9 Å². The normalized spacial score (nSPS) is 10.8. The second-order valence-electron chi connectivity index (χ2n) is 4.20. The van der Waals surface area contributed by atoms with Gasteiger partial charge in [0.2, 0.25) is 5.13 Å². The molecule has 3 rings (SSSR count). The van der Waals surface area contributed by atoms with Crippen LogP contribution in [0.5, 0.6) is 0 Å². The van der Waals surface area contributed by atoms with E-state index in [9.17, 15) is 0 Å². The average Bonchev–Trinajstić information content (AvgIpc) is 2.84. The fourth-order valence-corrected chi connectivity index (χ4v) is 2.47. The lowest BCUT2D eigenvalue weighted by atomic mass is 10.3. The number of pyridine rings is 1. The van der Waals surface area contributed by atoms with Crippen molar-refractivity contribution < 1.29 is 0 Å². The van der Waals surface area contributed by atoms with Crippen LogP contribution in [-0.2, 0) is 6.42 Å². The lowest BCUT2D eigenvalue weighted by Gasteiger charge is -2.08. The Morgan fingerprint density at radius 2 is 2.20 bits per heavy atom. The zero-order chi connectivity index (χ0) is 13.9. The molecule has 0 atom stereocenters. The third kappa shape index (κ3) is 2.64. The summed E-state index contributed by atoms with van der Waals surface area (Å²) in [6, 6.07) is 3.82. The summed E-state index contributed by atoms with van der Waals surface area (Å²) in [4.78, 5) is 13.0. The van der Waals surface area contributed by atoms with E-state index in [1.807, 2.05) is 19.1 Å². The van der Waals surface area contributed by atoms with Gasteiger partial charge in [0.15, 0.2) is 5.65 Å². The van der Waals surface area contributed by atoms with E-state index in [-0.39, 0.29) is 0 Å². The number of anilines is 2. The summed E-state index contributed by atoms with van der Waals surface area (Å²) in [5.41, 5.74) is 6.25. The summed E-state index contributed by atoms with van der Waals surface area (Å²) in [5.74, 6) is 1.48. The van der Waals surface area contributed by atoms with E-state index in [1.54, 1.807) is 6.20 Å². The lowest BCUT2D eigenvalue weighted by Crippen LogP contribution is -2.08. The molecule has 3 heterocycles. The molecule has 0 aromatic carbocycles. The summed E-state index contributed by atoms with van der Waals surface area (Å²) in [5, 5.41) is 13.4. The fourth-order valence-electron chi connectivity index (χ4n) is 1.86. The van der Waals surface area contributed by atoms with Crippen molar-refractivity contribution in [1.29, 1.82) is 0 Å². The van der Waals surface area contributed by atoms with Crippen molar-refractivity contribution in [3.63, 3.8) is 0 Å². The van der Waals surface area contributed by atoms with E-state index in [0.29, 0.717) is 23.1 Å². The van der Waals surface area contributed by atoms with Gasteiger partial charge in [-0.3, -0.25) is 0 Å². The number of rotatable bonds is 4. The van der Waals surface area contributed by atoms with E-state index < -0.39 is 0 Å². The van der Waals surface area contributed by atoms with Gasteiger partial charge in [0.25, 0.3) is 0 Å². The minimum atomic E-state index is 0.493. The predicted octanol–water partition coefficient (Wildman–Crippen LogP) is 1.42. The van der Waals surface area contributed by atoms with Gasteiger partial charge >= 0.3 is 0 Å². The Labute approximate surface area is 119 Å². The van der Waals surface area contributed by atoms with Crippen molar-refractivity contribution in [3.05, 3.63) is 29.2 Å². The van der Waals surface area contributed by atoms with Gasteiger partial charge in [-0.15, -0.1) is 10.2 Å². The average molecular weight is 287 g/mol. The van der Waals surface area contributed by atoms with Crippen molar-refractivity contribution in [3.8, 4) is 0 Å². The summed E-state index contributed by atoms with van der Waals surface area (Å²) < 4.78 is 0. The third-order valence-corrected chi connectivity index (χ3v) is 3.51. The van der Waals surface area contributed by atoms with Crippen molar-refractivity contribution in [2.75, 3.05) is 17.6 Å². The first kappa shape index (κ1) is 12.7. The highest BCUT2D eigenvalue weighted by atomic mass is 32.1. The number of nitrogens with zero attached hydrogens (tertiary/aromatic N) is 5. The number of hydrogen-bond acceptors (Lipinski definition) is 8. The van der Waals surface area contributed by atoms with Crippen LogP contribution < -0.4 is 11.1 Å². The summed E-state index contributed by atoms with van der Waals surface area (Å²) in [6.07, 6.45) is 2.47. The SMILES string of the molecule is Cc1nc(NCCc2nnc(N)s2)c2cccnc2n1. The zero-order valence-corrected chi connectivity index (χ0v) is 11.7. The molecule has 102 valence electrons. The van der Waals surface area contributed by atoms with Crippen molar-refractivity contribution in [2.24, 2.45) is 0 Å². The molecule has 0 aliphatic heterocycles. The molecule has 0 spiro atoms. The first-order valence-electron chi connectivity index (χ1n) is 6.13. The standard InChI is InChI=1S/C12H13N7S/c1-7-16-10-8(3-2-5-14-10)11(17-7)15-6-4-9-18-19-12(13)20-9/h2-3,5H,4,6H2,1H3,(H2,13,19)(H,14,15,16,17). The summed E-state index contributed by atoms with van der Waals surface area (Å²) in [7, 11) is 0. The predicted molar refractivity (Wildman–Crippen MR) is 78.6 cm³/mol. The quantitative estimate of drug-likeness (QED) is 0.748. The molecule has 3 aromatic rings. The molecule has 0 aliphatic rings. The Hall–Kier alpha value is -2.35. The second-order valence-corrected chi connectivity index (χ2v) is 5.30. The zero-order valence-electron chi connectivity index (χ0n) is 10.9. The van der Waals surface area contributed by atoms with Gasteiger partial charge in [0, 0.05) is 19.2 Å². The molecular formula is C12H13N7S. The van der Waals surface area contributed by atoms with E-state index in [1.165, 1.54) is 11.3 Å². The highest BCUT2D eigenvalue weighted by Gasteiger charge is 2.06. The lowest BCUT2D eigenvalue weighted by molar-refractivity contribution is 0.934. The molecule has 20 heavy (non-hydrogen) atoms. The van der Waals surface area contributed by atoms with Gasteiger partial charge in [0.05, 0.1) is 5.39 Å². The number of fused-ring (bicyclic) bond motifs is 1. The Morgan fingerprint density at radius 3 is 3.00 bits per heavy atom. The molecule has 3 aromatic heterocycles. The maximum absolute atomic E-state index is 5.55. The molecule has 0 radical (unpaired) electrons. The van der Waals surface area contributed by atoms with Gasteiger partial charge < -0.3 is 11.1 Å². The topological polar surface area (TPSA) is 102 Å². The van der Waals surface area contributed by atoms with E-state index >= 15 is 0 Å². The second kappa shape index (κ2) is 5.33. The number of hydrogen-bond donors (Lipinski definition) is 2. The molecule has 0 saturated heterocycles. The molecule has 0 aliphatic carbocycles. The maximum atomic E-state index is 5.55. The molecule has 7 nitrogen and oxygen atoms in total. The van der Waals surface area contributed by atoms with Crippen molar-refractivity contribution in [1.82, 2.24) is 25.1 Å². The van der Waals surface area contributed by atoms with Gasteiger partial charge in [0.1, 0.15) is 16.6 Å². The van der Waals surface area contributed by atoms with Crippen LogP contribution in [0.2, 0.25) is 0 Å². The molecule has 0 bridgehead atoms. The van der Waals surface area contributed by atoms with Crippen LogP contribution in [-0.4, -0.2) is 31.7 Å². The highest BCUT2D eigenvalue weighted by molar-refractivity contribution is 7.15. The van der Waals surface area contributed by atoms with Gasteiger partial charge in [-0.2, -0.15) is 0 Å². The molecule has 0 unspecified atom stereocenters. The maximum Gasteiger partial charge on any atom is 0.203 e. The van der Waals surface area contributed by atoms with E-state index in [4.69, 9.17) is 5.73 Å². The molecule has 0 saturated carbocycles. The minimum Gasteiger partial charge on any atom is -0.374 e. The van der Waals surface area contributed by atoms with E-state index in [2.05, 4.69) is 30.5 Å². The number of nitrogens with one attached hydrogen (secondary N) is 1. The molecule has 0 fully saturated rings. The molecular weight excluding hydrogens is 274 g/mol. The number of aromatic nitrogens is 5. The number of nitrogen functional groups attached to an aromatic ring is 1. The van der Waals surface area contributed by atoms with Crippen LogP contribution in [0.15, 0.2) is 18.3 Å². The largest absolute Gasteiger partial charge is 0.374 e. The van der Waals surface area contributed by atoms with Gasteiger partial charge in [-0.1, -0.05) is 11.3 Å². The van der Waals surface area contributed by atoms with E-state index in [0.717, 1.165) is 22.6 Å². The number of aryl methyl sites for hydroxylation is 1. The molecule has 0 amide bonds. The Balaban J connectivity index is 1.77. The first-order chi connectivity index (χ1) is 9.72. The van der Waals surface area contributed by atoms with Crippen LogP contribution in [0.25, 0.3) is 11.0 Å². The highest BCUT2D eigenvalue weighted by Crippen LogP contribution is 2.18. The minimum absolute atomic E-state index is 0.493. The van der Waals surface area contributed by atoms with Crippen LogP contribution in [0.3, 0.4) is 0 Å². The fraction of sp³-hybridized carbons (Fsp3) is 0.250. The van der Waals surface area contributed by atoms with Crippen LogP contribution in [0, 0.1) is 6.92 Å². The van der Waals surface area contributed by atoms with Crippen molar-refractivity contribution >= 4 is 33.3 Å². The van der Waals surface area contributed by atoms with Crippen LogP contribution >= 0.6 is 11.3 Å². The van der Waals surface area contributed by atoms with Gasteiger partial charge in [-0.25, -0.2) is 15.0 Å². The van der Waals surface area contributed by atoms with Crippen LogP contribution in [0.1, 0.15) is 10.8 Å². The van der Waals surface area contributed by atoms with Crippen molar-refractivity contribution in [2.45, 2.75) is 13.3 Å². The Kier molecular flexibility index (Phi) is 3.38.